The van der Waals surface area contributed by atoms with E-state index in [9.17, 15) is 9.59 Å². The van der Waals surface area contributed by atoms with Gasteiger partial charge in [-0.05, 0) is 13.0 Å². The highest BCUT2D eigenvalue weighted by Crippen LogP contribution is 1.97. The van der Waals surface area contributed by atoms with Crippen molar-refractivity contribution in [2.75, 3.05) is 12.3 Å². The lowest BCUT2D eigenvalue weighted by atomic mass is 10.3. The number of aromatic nitrogens is 1. The molecule has 0 bridgehead atoms. The normalized spacial score (nSPS) is 12.1. The van der Waals surface area contributed by atoms with Gasteiger partial charge in [-0.15, -0.1) is 0 Å². The second-order valence-electron chi connectivity index (χ2n) is 3.79. The smallest absolute Gasteiger partial charge is 0.326 e. The van der Waals surface area contributed by atoms with Crippen LogP contribution < -0.4 is 11.3 Å². The number of aliphatic hydroxyl groups is 1. The lowest BCUT2D eigenvalue weighted by Gasteiger charge is -2.08. The van der Waals surface area contributed by atoms with Gasteiger partial charge >= 0.3 is 5.97 Å². The first-order chi connectivity index (χ1) is 7.99. The third-order valence-corrected chi connectivity index (χ3v) is 2.10. The highest BCUT2D eigenvalue weighted by Gasteiger charge is 2.06. The molecule has 0 spiro atoms. The number of anilines is 1. The largest absolute Gasteiger partial charge is 0.464 e. The van der Waals surface area contributed by atoms with Crippen molar-refractivity contribution in [1.29, 1.82) is 0 Å². The standard InChI is InChI=1S/C11H16N2O4/c1-8(14)4-5-17-11(16)7-13-6-9(12)2-3-10(13)15/h2-3,6,8,14H,4-5,7,12H2,1H3. The molecule has 1 unspecified atom stereocenters. The number of pyridine rings is 1. The third kappa shape index (κ3) is 4.69. The lowest BCUT2D eigenvalue weighted by molar-refractivity contribution is -0.145. The molecule has 0 amide bonds. The SMILES string of the molecule is CC(O)CCOC(=O)Cn1cc(N)ccc1=O. The molecule has 6 heteroatoms. The maximum Gasteiger partial charge on any atom is 0.326 e. The van der Waals surface area contributed by atoms with E-state index in [1.165, 1.54) is 22.9 Å². The number of carbonyl (C=O) groups is 1. The third-order valence-electron chi connectivity index (χ3n) is 2.10. The number of aliphatic hydroxyl groups excluding tert-OH is 1. The number of rotatable bonds is 5. The Kier molecular flexibility index (Phi) is 4.71. The summed E-state index contributed by atoms with van der Waals surface area (Å²) in [5.74, 6) is -0.529. The van der Waals surface area contributed by atoms with Crippen LogP contribution in [-0.4, -0.2) is 28.4 Å². The minimum Gasteiger partial charge on any atom is -0.464 e. The molecule has 0 aliphatic rings. The lowest BCUT2D eigenvalue weighted by Crippen LogP contribution is -2.25. The average molecular weight is 240 g/mol. The van der Waals surface area contributed by atoms with Gasteiger partial charge in [0.25, 0.3) is 5.56 Å². The summed E-state index contributed by atoms with van der Waals surface area (Å²) < 4.78 is 6.03. The molecule has 0 saturated carbocycles. The molecule has 1 aromatic heterocycles. The number of hydrogen-bond acceptors (Lipinski definition) is 5. The zero-order chi connectivity index (χ0) is 12.8. The predicted molar refractivity (Wildman–Crippen MR) is 62.4 cm³/mol. The highest BCUT2D eigenvalue weighted by molar-refractivity contribution is 5.69. The van der Waals surface area contributed by atoms with Crippen LogP contribution in [0.1, 0.15) is 13.3 Å². The van der Waals surface area contributed by atoms with E-state index in [-0.39, 0.29) is 18.7 Å². The molecule has 0 saturated heterocycles. The van der Waals surface area contributed by atoms with Crippen LogP contribution in [-0.2, 0) is 16.1 Å². The second-order valence-corrected chi connectivity index (χ2v) is 3.79. The molecule has 0 fully saturated rings. The van der Waals surface area contributed by atoms with Gasteiger partial charge < -0.3 is 20.1 Å². The van der Waals surface area contributed by atoms with E-state index < -0.39 is 12.1 Å². The Balaban J connectivity index is 2.50. The van der Waals surface area contributed by atoms with E-state index in [4.69, 9.17) is 15.6 Å². The van der Waals surface area contributed by atoms with Crippen molar-refractivity contribution in [2.24, 2.45) is 0 Å². The van der Waals surface area contributed by atoms with Gasteiger partial charge in [0.15, 0.2) is 0 Å². The van der Waals surface area contributed by atoms with Crippen molar-refractivity contribution in [3.63, 3.8) is 0 Å². The molecule has 6 nitrogen and oxygen atoms in total. The Morgan fingerprint density at radius 1 is 1.59 bits per heavy atom. The first-order valence-corrected chi connectivity index (χ1v) is 5.28. The molecule has 1 aromatic rings. The van der Waals surface area contributed by atoms with Gasteiger partial charge in [0, 0.05) is 24.4 Å². The molecule has 1 heterocycles. The van der Waals surface area contributed by atoms with Crippen LogP contribution in [0.3, 0.4) is 0 Å². The summed E-state index contributed by atoms with van der Waals surface area (Å²) in [5.41, 5.74) is 5.59. The van der Waals surface area contributed by atoms with Crippen LogP contribution in [0, 0.1) is 0 Å². The number of esters is 1. The quantitative estimate of drug-likeness (QED) is 0.692. The minimum atomic E-state index is -0.529. The molecule has 1 rings (SSSR count). The molecule has 0 radical (unpaired) electrons. The van der Waals surface area contributed by atoms with Crippen molar-refractivity contribution >= 4 is 11.7 Å². The fraction of sp³-hybridized carbons (Fsp3) is 0.455. The van der Waals surface area contributed by atoms with Gasteiger partial charge in [-0.1, -0.05) is 0 Å². The number of hydrogen-bond donors (Lipinski definition) is 2. The molecular formula is C11H16N2O4. The summed E-state index contributed by atoms with van der Waals surface area (Å²) in [5, 5.41) is 8.97. The Morgan fingerprint density at radius 3 is 2.94 bits per heavy atom. The topological polar surface area (TPSA) is 94.6 Å². The Hall–Kier alpha value is -1.82. The van der Waals surface area contributed by atoms with Crippen LogP contribution >= 0.6 is 0 Å². The zero-order valence-corrected chi connectivity index (χ0v) is 9.63. The summed E-state index contributed by atoms with van der Waals surface area (Å²) in [4.78, 5) is 22.7. The molecule has 1 atom stereocenters. The fourth-order valence-electron chi connectivity index (χ4n) is 1.20. The number of nitrogen functional groups attached to an aromatic ring is 1. The first-order valence-electron chi connectivity index (χ1n) is 5.28. The summed E-state index contributed by atoms with van der Waals surface area (Å²) >= 11 is 0. The maximum atomic E-state index is 11.4. The Morgan fingerprint density at radius 2 is 2.29 bits per heavy atom. The Labute approximate surface area is 98.6 Å². The number of nitrogens with two attached hydrogens (primary N) is 1. The van der Waals surface area contributed by atoms with Crippen LogP contribution in [0.25, 0.3) is 0 Å². The highest BCUT2D eigenvalue weighted by atomic mass is 16.5. The van der Waals surface area contributed by atoms with Crippen molar-refractivity contribution in [2.45, 2.75) is 26.0 Å². The van der Waals surface area contributed by atoms with E-state index in [1.807, 2.05) is 0 Å². The molecular weight excluding hydrogens is 224 g/mol. The number of nitrogens with zero attached hydrogens (tertiary/aromatic N) is 1. The van der Waals surface area contributed by atoms with Crippen molar-refractivity contribution in [1.82, 2.24) is 4.57 Å². The molecule has 3 N–H and O–H groups in total. The van der Waals surface area contributed by atoms with Gasteiger partial charge in [0.2, 0.25) is 0 Å². The molecule has 0 aromatic carbocycles. The monoisotopic (exact) mass is 240 g/mol. The van der Waals surface area contributed by atoms with E-state index >= 15 is 0 Å². The van der Waals surface area contributed by atoms with Crippen LogP contribution in [0.2, 0.25) is 0 Å². The molecule has 94 valence electrons. The summed E-state index contributed by atoms with van der Waals surface area (Å²) in [6.45, 7) is 1.56. The van der Waals surface area contributed by atoms with Crippen molar-refractivity contribution < 1.29 is 14.6 Å². The predicted octanol–water partition coefficient (Wildman–Crippen LogP) is -0.255. The van der Waals surface area contributed by atoms with E-state index in [1.54, 1.807) is 6.92 Å². The molecule has 17 heavy (non-hydrogen) atoms. The second kappa shape index (κ2) is 6.05. The minimum absolute atomic E-state index is 0.133. The summed E-state index contributed by atoms with van der Waals surface area (Å²) in [6, 6.07) is 2.76. The van der Waals surface area contributed by atoms with Crippen LogP contribution in [0.15, 0.2) is 23.1 Å². The van der Waals surface area contributed by atoms with Gasteiger partial charge in [0.1, 0.15) is 6.54 Å². The van der Waals surface area contributed by atoms with E-state index in [2.05, 4.69) is 0 Å². The van der Waals surface area contributed by atoms with Crippen molar-refractivity contribution in [3.8, 4) is 0 Å². The van der Waals surface area contributed by atoms with Crippen molar-refractivity contribution in [3.05, 3.63) is 28.7 Å². The van der Waals surface area contributed by atoms with Gasteiger partial charge in [0.05, 0.1) is 12.7 Å². The number of carbonyl (C=O) groups excluding carboxylic acids is 1. The fourth-order valence-corrected chi connectivity index (χ4v) is 1.20. The van der Waals surface area contributed by atoms with E-state index in [0.29, 0.717) is 12.1 Å². The maximum absolute atomic E-state index is 11.4. The summed E-state index contributed by atoms with van der Waals surface area (Å²) in [6.07, 6.45) is 1.24. The Bertz CT molecular complexity index is 439. The summed E-state index contributed by atoms with van der Waals surface area (Å²) in [7, 11) is 0. The van der Waals surface area contributed by atoms with Crippen LogP contribution in [0.5, 0.6) is 0 Å². The zero-order valence-electron chi connectivity index (χ0n) is 9.63. The number of ether oxygens (including phenoxy) is 1. The first kappa shape index (κ1) is 13.2. The van der Waals surface area contributed by atoms with Gasteiger partial charge in [-0.25, -0.2) is 0 Å². The van der Waals surface area contributed by atoms with E-state index in [0.717, 1.165) is 0 Å². The van der Waals surface area contributed by atoms with Gasteiger partial charge in [-0.3, -0.25) is 9.59 Å². The molecule has 0 aliphatic heterocycles. The molecule has 0 aliphatic carbocycles. The van der Waals surface area contributed by atoms with Gasteiger partial charge in [-0.2, -0.15) is 0 Å². The average Bonchev–Trinajstić information content (AvgIpc) is 2.23. The van der Waals surface area contributed by atoms with Crippen LogP contribution in [0.4, 0.5) is 5.69 Å².